The molecule has 0 fully saturated rings. The van der Waals surface area contributed by atoms with Crippen LogP contribution < -0.4 is 0 Å². The van der Waals surface area contributed by atoms with Crippen molar-refractivity contribution < 1.29 is 4.39 Å². The van der Waals surface area contributed by atoms with Gasteiger partial charge in [0.1, 0.15) is 6.67 Å². The molecule has 1 nitrogen and oxygen atoms in total. The summed E-state index contributed by atoms with van der Waals surface area (Å²) in [4.78, 5) is 2.08. The third-order valence-corrected chi connectivity index (χ3v) is 3.44. The van der Waals surface area contributed by atoms with Crippen LogP contribution in [0.5, 0.6) is 0 Å². The molecule has 1 atom stereocenters. The molecule has 0 radical (unpaired) electrons. The molecule has 90 valence electrons. The molecule has 1 aliphatic rings. The lowest BCUT2D eigenvalue weighted by Gasteiger charge is -2.34. The van der Waals surface area contributed by atoms with E-state index in [-0.39, 0.29) is 6.67 Å². The van der Waals surface area contributed by atoms with Gasteiger partial charge in [-0.2, -0.15) is 0 Å². The van der Waals surface area contributed by atoms with E-state index < -0.39 is 0 Å². The fourth-order valence-electron chi connectivity index (χ4n) is 2.68. The van der Waals surface area contributed by atoms with Crippen molar-refractivity contribution >= 4 is 0 Å². The van der Waals surface area contributed by atoms with E-state index in [1.54, 1.807) is 0 Å². The molecule has 0 amide bonds. The summed E-state index contributed by atoms with van der Waals surface area (Å²) in [7, 11) is 0. The maximum atomic E-state index is 12.6. The van der Waals surface area contributed by atoms with E-state index in [4.69, 9.17) is 6.42 Å². The minimum absolute atomic E-state index is 0.298. The van der Waals surface area contributed by atoms with Gasteiger partial charge in [0.15, 0.2) is 0 Å². The van der Waals surface area contributed by atoms with Crippen molar-refractivity contribution in [1.29, 1.82) is 0 Å². The lowest BCUT2D eigenvalue weighted by Crippen LogP contribution is -2.33. The Balaban J connectivity index is 2.24. The van der Waals surface area contributed by atoms with Crippen LogP contribution in [0.4, 0.5) is 4.39 Å². The molecule has 0 bridgehead atoms. The molecular weight excluding hydrogens is 213 g/mol. The highest BCUT2D eigenvalue weighted by atomic mass is 19.1. The quantitative estimate of drug-likeness (QED) is 0.720. The second-order valence-corrected chi connectivity index (χ2v) is 4.47. The number of terminal acetylenes is 1. The van der Waals surface area contributed by atoms with Gasteiger partial charge in [0.25, 0.3) is 0 Å². The lowest BCUT2D eigenvalue weighted by molar-refractivity contribution is 0.186. The van der Waals surface area contributed by atoms with Crippen LogP contribution in [0.15, 0.2) is 24.3 Å². The topological polar surface area (TPSA) is 3.24 Å². The number of hydrogen-bond donors (Lipinski definition) is 0. The number of aryl methyl sites for hydroxylation is 1. The number of benzene rings is 1. The zero-order valence-electron chi connectivity index (χ0n) is 10.0. The fourth-order valence-corrected chi connectivity index (χ4v) is 2.68. The SMILES string of the molecule is C#CCN(CCF)C1CCCc2ccccc21. The Morgan fingerprint density at radius 1 is 1.41 bits per heavy atom. The van der Waals surface area contributed by atoms with Gasteiger partial charge >= 0.3 is 0 Å². The summed E-state index contributed by atoms with van der Waals surface area (Å²) in [5, 5.41) is 0. The Bertz CT molecular complexity index is 408. The van der Waals surface area contributed by atoms with Crippen LogP contribution in [0, 0.1) is 12.3 Å². The van der Waals surface area contributed by atoms with Crippen LogP contribution in [0.3, 0.4) is 0 Å². The van der Waals surface area contributed by atoms with Crippen LogP contribution in [0.2, 0.25) is 0 Å². The first-order chi connectivity index (χ1) is 8.36. The summed E-state index contributed by atoms with van der Waals surface area (Å²) in [5.74, 6) is 2.64. The maximum absolute atomic E-state index is 12.6. The number of fused-ring (bicyclic) bond motifs is 1. The Morgan fingerprint density at radius 3 is 3.00 bits per heavy atom. The van der Waals surface area contributed by atoms with E-state index in [2.05, 4.69) is 35.1 Å². The number of halogens is 1. The number of rotatable bonds is 4. The van der Waals surface area contributed by atoms with Crippen molar-refractivity contribution in [3.63, 3.8) is 0 Å². The van der Waals surface area contributed by atoms with E-state index in [0.29, 0.717) is 19.1 Å². The van der Waals surface area contributed by atoms with Crippen LogP contribution in [0.25, 0.3) is 0 Å². The molecule has 1 aromatic carbocycles. The number of nitrogens with zero attached hydrogens (tertiary/aromatic N) is 1. The summed E-state index contributed by atoms with van der Waals surface area (Å²) >= 11 is 0. The van der Waals surface area contributed by atoms with Crippen LogP contribution >= 0.6 is 0 Å². The Kier molecular flexibility index (Phi) is 4.17. The number of alkyl halides is 1. The molecule has 0 saturated carbocycles. The standard InChI is InChI=1S/C15H18FN/c1-2-11-17(12-10-16)15-9-5-7-13-6-3-4-8-14(13)15/h1,3-4,6,8,15H,5,7,9-12H2. The normalized spacial score (nSPS) is 18.8. The zero-order chi connectivity index (χ0) is 12.1. The fraction of sp³-hybridized carbons (Fsp3) is 0.467. The van der Waals surface area contributed by atoms with Crippen LogP contribution in [0.1, 0.15) is 30.0 Å². The van der Waals surface area contributed by atoms with Gasteiger partial charge in [-0.05, 0) is 30.4 Å². The second-order valence-electron chi connectivity index (χ2n) is 4.47. The summed E-state index contributed by atoms with van der Waals surface area (Å²) in [6.07, 6.45) is 8.75. The zero-order valence-corrected chi connectivity index (χ0v) is 10.0. The van der Waals surface area contributed by atoms with Crippen molar-refractivity contribution in [2.45, 2.75) is 25.3 Å². The van der Waals surface area contributed by atoms with Gasteiger partial charge in [-0.3, -0.25) is 4.90 Å². The average Bonchev–Trinajstić information content (AvgIpc) is 2.38. The van der Waals surface area contributed by atoms with Crippen molar-refractivity contribution in [3.05, 3.63) is 35.4 Å². The van der Waals surface area contributed by atoms with E-state index in [0.717, 1.165) is 19.3 Å². The predicted molar refractivity (Wildman–Crippen MR) is 68.5 cm³/mol. The van der Waals surface area contributed by atoms with Gasteiger partial charge in [-0.15, -0.1) is 6.42 Å². The van der Waals surface area contributed by atoms with Crippen molar-refractivity contribution in [2.75, 3.05) is 19.8 Å². The van der Waals surface area contributed by atoms with Gasteiger partial charge in [0.2, 0.25) is 0 Å². The van der Waals surface area contributed by atoms with Gasteiger partial charge in [-0.1, -0.05) is 30.2 Å². The van der Waals surface area contributed by atoms with Gasteiger partial charge < -0.3 is 0 Å². The van der Waals surface area contributed by atoms with E-state index in [1.807, 2.05) is 0 Å². The average molecular weight is 231 g/mol. The summed E-state index contributed by atoms with van der Waals surface area (Å²) in [6.45, 7) is 0.631. The summed E-state index contributed by atoms with van der Waals surface area (Å²) in [6, 6.07) is 8.75. The third-order valence-electron chi connectivity index (χ3n) is 3.44. The highest BCUT2D eigenvalue weighted by molar-refractivity contribution is 5.32. The molecule has 0 aliphatic heterocycles. The Morgan fingerprint density at radius 2 is 2.24 bits per heavy atom. The molecule has 17 heavy (non-hydrogen) atoms. The maximum Gasteiger partial charge on any atom is 0.102 e. The molecule has 0 heterocycles. The predicted octanol–water partition coefficient (Wildman–Crippen LogP) is 2.97. The van der Waals surface area contributed by atoms with E-state index in [9.17, 15) is 4.39 Å². The first kappa shape index (κ1) is 12.1. The largest absolute Gasteiger partial charge is 0.283 e. The van der Waals surface area contributed by atoms with Crippen LogP contribution in [-0.4, -0.2) is 24.7 Å². The van der Waals surface area contributed by atoms with Crippen molar-refractivity contribution in [1.82, 2.24) is 4.90 Å². The molecule has 1 aromatic rings. The third kappa shape index (κ3) is 2.68. The van der Waals surface area contributed by atoms with Crippen LogP contribution in [-0.2, 0) is 6.42 Å². The first-order valence-corrected chi connectivity index (χ1v) is 6.18. The van der Waals surface area contributed by atoms with Gasteiger partial charge in [0, 0.05) is 12.6 Å². The van der Waals surface area contributed by atoms with E-state index >= 15 is 0 Å². The molecule has 0 aromatic heterocycles. The lowest BCUT2D eigenvalue weighted by atomic mass is 9.87. The first-order valence-electron chi connectivity index (χ1n) is 6.18. The van der Waals surface area contributed by atoms with Gasteiger partial charge in [-0.25, -0.2) is 4.39 Å². The molecule has 0 spiro atoms. The van der Waals surface area contributed by atoms with E-state index in [1.165, 1.54) is 11.1 Å². The Hall–Kier alpha value is -1.33. The summed E-state index contributed by atoms with van der Waals surface area (Å²) < 4.78 is 12.6. The molecule has 0 N–H and O–H groups in total. The molecular formula is C15H18FN. The Labute approximate surface area is 103 Å². The van der Waals surface area contributed by atoms with Gasteiger partial charge in [0.05, 0.1) is 6.54 Å². The smallest absolute Gasteiger partial charge is 0.102 e. The molecule has 2 heteroatoms. The summed E-state index contributed by atoms with van der Waals surface area (Å²) in [5.41, 5.74) is 2.73. The molecule has 1 unspecified atom stereocenters. The number of hydrogen-bond acceptors (Lipinski definition) is 1. The van der Waals surface area contributed by atoms with Crippen molar-refractivity contribution in [2.24, 2.45) is 0 Å². The minimum atomic E-state index is -0.333. The second kappa shape index (κ2) is 5.84. The molecule has 0 saturated heterocycles. The molecule has 1 aliphatic carbocycles. The molecule has 2 rings (SSSR count). The minimum Gasteiger partial charge on any atom is -0.283 e. The highest BCUT2D eigenvalue weighted by Gasteiger charge is 2.24. The monoisotopic (exact) mass is 231 g/mol. The highest BCUT2D eigenvalue weighted by Crippen LogP contribution is 2.33. The van der Waals surface area contributed by atoms with Crippen molar-refractivity contribution in [3.8, 4) is 12.3 Å².